The fraction of sp³-hybridized carbons (Fsp3) is 0.176. The minimum atomic E-state index is -0.431. The predicted molar refractivity (Wildman–Crippen MR) is 100 cm³/mol. The molecule has 1 unspecified atom stereocenters. The molecule has 1 aromatic heterocycles. The molecule has 132 valence electrons. The molecule has 2 amide bonds. The molecular weight excluding hydrogens is 354 g/mol. The summed E-state index contributed by atoms with van der Waals surface area (Å²) in [5.74, 6) is 1.01. The van der Waals surface area contributed by atoms with E-state index >= 15 is 0 Å². The molecule has 0 saturated heterocycles. The first-order valence-corrected chi connectivity index (χ1v) is 8.38. The lowest BCUT2D eigenvalue weighted by atomic mass is 10.1. The lowest BCUT2D eigenvalue weighted by molar-refractivity contribution is 0.256. The highest BCUT2D eigenvalue weighted by Crippen LogP contribution is 2.28. The number of fused-ring (bicyclic) bond motifs is 1. The minimum absolute atomic E-state index is 0.0360. The average molecular weight is 370 g/mol. The lowest BCUT2D eigenvalue weighted by Crippen LogP contribution is -2.45. The molecule has 2 N–H and O–H groups in total. The van der Waals surface area contributed by atoms with Crippen LogP contribution in [0, 0.1) is 0 Å². The number of carbonyl (C=O) groups is 1. The number of hydrogen-bond acceptors (Lipinski definition) is 5. The van der Waals surface area contributed by atoms with E-state index in [9.17, 15) is 4.79 Å². The second-order valence-electron chi connectivity index (χ2n) is 5.87. The number of anilines is 1. The number of aliphatic imine (C=N–C) groups is 2. The van der Waals surface area contributed by atoms with Crippen molar-refractivity contribution in [3.8, 4) is 0 Å². The molecule has 0 spiro atoms. The second-order valence-corrected chi connectivity index (χ2v) is 6.28. The van der Waals surface area contributed by atoms with Crippen molar-refractivity contribution in [2.75, 3.05) is 11.9 Å². The molecule has 3 heterocycles. The van der Waals surface area contributed by atoms with E-state index in [4.69, 9.17) is 11.6 Å². The van der Waals surface area contributed by atoms with Gasteiger partial charge in [-0.15, -0.1) is 0 Å². The Morgan fingerprint density at radius 1 is 1.31 bits per heavy atom. The summed E-state index contributed by atoms with van der Waals surface area (Å²) in [6, 6.07) is 6.63. The number of para-hydroxylation sites is 1. The summed E-state index contributed by atoms with van der Waals surface area (Å²) in [7, 11) is 1.87. The predicted octanol–water partition coefficient (Wildman–Crippen LogP) is 2.53. The molecule has 0 bridgehead atoms. The van der Waals surface area contributed by atoms with E-state index in [0.29, 0.717) is 28.9 Å². The molecule has 0 aliphatic carbocycles. The lowest BCUT2D eigenvalue weighted by Gasteiger charge is -2.26. The molecule has 2 aliphatic rings. The fourth-order valence-corrected chi connectivity index (χ4v) is 3.07. The Bertz CT molecular complexity index is 946. The number of nitrogens with one attached hydrogen (secondary N) is 2. The van der Waals surface area contributed by atoms with Gasteiger partial charge in [0, 0.05) is 31.2 Å². The van der Waals surface area contributed by atoms with E-state index in [1.807, 2.05) is 30.5 Å². The minimum Gasteiger partial charge on any atom is -0.319 e. The van der Waals surface area contributed by atoms with Gasteiger partial charge in [0.1, 0.15) is 0 Å². The summed E-state index contributed by atoms with van der Waals surface area (Å²) in [6.07, 6.45) is 7.26. The van der Waals surface area contributed by atoms with Crippen molar-refractivity contribution in [2.45, 2.75) is 6.04 Å². The van der Waals surface area contributed by atoms with Gasteiger partial charge < -0.3 is 10.2 Å². The van der Waals surface area contributed by atoms with Gasteiger partial charge in [0.15, 0.2) is 11.7 Å². The number of amides is 2. The van der Waals surface area contributed by atoms with Crippen molar-refractivity contribution in [1.82, 2.24) is 20.0 Å². The van der Waals surface area contributed by atoms with E-state index in [1.165, 1.54) is 0 Å². The van der Waals surface area contributed by atoms with Gasteiger partial charge >= 0.3 is 6.03 Å². The van der Waals surface area contributed by atoms with Crippen molar-refractivity contribution in [1.29, 1.82) is 0 Å². The van der Waals surface area contributed by atoms with Crippen molar-refractivity contribution >= 4 is 35.0 Å². The number of amidine groups is 2. The molecule has 0 saturated carbocycles. The van der Waals surface area contributed by atoms with E-state index in [2.05, 4.69) is 25.7 Å². The van der Waals surface area contributed by atoms with Gasteiger partial charge in [0.2, 0.25) is 0 Å². The van der Waals surface area contributed by atoms with Crippen LogP contribution in [0.4, 0.5) is 10.5 Å². The Balaban J connectivity index is 1.47. The molecule has 2 aliphatic heterocycles. The van der Waals surface area contributed by atoms with E-state index in [0.717, 1.165) is 5.56 Å². The normalized spacial score (nSPS) is 18.2. The van der Waals surface area contributed by atoms with Crippen LogP contribution in [0.2, 0.25) is 5.02 Å². The Morgan fingerprint density at radius 2 is 2.15 bits per heavy atom. The zero-order chi connectivity index (χ0) is 18.1. The fourth-order valence-electron chi connectivity index (χ4n) is 2.89. The highest BCUT2D eigenvalue weighted by molar-refractivity contribution is 6.44. The molecule has 26 heavy (non-hydrogen) atoms. The van der Waals surface area contributed by atoms with E-state index in [-0.39, 0.29) is 6.04 Å². The molecular formula is C17H16ClN7O. The molecule has 0 radical (unpaired) electrons. The Labute approximate surface area is 154 Å². The first-order chi connectivity index (χ1) is 12.6. The highest BCUT2D eigenvalue weighted by Gasteiger charge is 2.33. The maximum Gasteiger partial charge on any atom is 0.324 e. The van der Waals surface area contributed by atoms with Crippen molar-refractivity contribution < 1.29 is 4.79 Å². The zero-order valence-electron chi connectivity index (χ0n) is 13.9. The molecule has 8 nitrogen and oxygen atoms in total. The number of aryl methyl sites for hydroxylation is 1. The van der Waals surface area contributed by atoms with Crippen LogP contribution in [0.1, 0.15) is 11.6 Å². The third kappa shape index (κ3) is 3.06. The monoisotopic (exact) mass is 369 g/mol. The van der Waals surface area contributed by atoms with Gasteiger partial charge in [-0.25, -0.2) is 9.79 Å². The maximum atomic E-state index is 12.3. The van der Waals surface area contributed by atoms with Gasteiger partial charge in [-0.1, -0.05) is 23.7 Å². The first-order valence-electron chi connectivity index (χ1n) is 8.00. The van der Waals surface area contributed by atoms with Crippen LogP contribution in [0.15, 0.2) is 59.0 Å². The molecule has 9 heteroatoms. The highest BCUT2D eigenvalue weighted by atomic mass is 35.5. The van der Waals surface area contributed by atoms with E-state index in [1.54, 1.807) is 35.1 Å². The van der Waals surface area contributed by atoms with Gasteiger partial charge in [0.05, 0.1) is 29.5 Å². The van der Waals surface area contributed by atoms with Crippen LogP contribution in [-0.2, 0) is 7.05 Å². The number of rotatable bonds is 2. The maximum absolute atomic E-state index is 12.3. The summed E-state index contributed by atoms with van der Waals surface area (Å²) in [6.45, 7) is 0.568. The Kier molecular flexibility index (Phi) is 4.18. The van der Waals surface area contributed by atoms with Crippen LogP contribution >= 0.6 is 11.6 Å². The van der Waals surface area contributed by atoms with Gasteiger partial charge in [0.25, 0.3) is 0 Å². The molecule has 1 atom stereocenters. The summed E-state index contributed by atoms with van der Waals surface area (Å²) >= 11 is 6.07. The molecule has 4 rings (SSSR count). The number of benzene rings is 1. The second kappa shape index (κ2) is 6.64. The largest absolute Gasteiger partial charge is 0.324 e. The SMILES string of the molecule is Cn1cc(C2CN=C3C(NC(=O)Nc4ccccc4Cl)=NC=CN32)cn1. The zero-order valence-corrected chi connectivity index (χ0v) is 14.7. The number of halogens is 1. The van der Waals surface area contributed by atoms with E-state index < -0.39 is 6.03 Å². The number of carbonyl (C=O) groups excluding carboxylic acids is 1. The van der Waals surface area contributed by atoms with Gasteiger partial charge in [-0.05, 0) is 12.1 Å². The summed E-state index contributed by atoms with van der Waals surface area (Å²) in [4.78, 5) is 23.1. The standard InChI is InChI=1S/C17H16ClN7O/c1-24-10-11(8-21-24)14-9-20-16-15(19-6-7-25(14)16)23-17(26)22-13-5-3-2-4-12(13)18/h2-8,10,14H,9H2,1H3,(H2,19,22,23,26). The smallest absolute Gasteiger partial charge is 0.319 e. The van der Waals surface area contributed by atoms with Crippen molar-refractivity contribution in [3.63, 3.8) is 0 Å². The van der Waals surface area contributed by atoms with Crippen molar-refractivity contribution in [3.05, 3.63) is 59.6 Å². The summed E-state index contributed by atoms with van der Waals surface area (Å²) in [5, 5.41) is 10.1. The summed E-state index contributed by atoms with van der Waals surface area (Å²) in [5.41, 5.74) is 1.58. The quantitative estimate of drug-likeness (QED) is 0.852. The molecule has 0 fully saturated rings. The van der Waals surface area contributed by atoms with Crippen LogP contribution in [-0.4, -0.2) is 38.9 Å². The average Bonchev–Trinajstić information content (AvgIpc) is 3.23. The third-order valence-corrected chi connectivity index (χ3v) is 4.43. The number of nitrogens with zero attached hydrogens (tertiary/aromatic N) is 5. The third-order valence-electron chi connectivity index (χ3n) is 4.10. The Hall–Kier alpha value is -3.13. The summed E-state index contributed by atoms with van der Waals surface area (Å²) < 4.78 is 1.76. The first kappa shape index (κ1) is 16.3. The van der Waals surface area contributed by atoms with Gasteiger partial charge in [-0.2, -0.15) is 5.10 Å². The number of hydrogen-bond donors (Lipinski definition) is 2. The topological polar surface area (TPSA) is 86.9 Å². The van der Waals surface area contributed by atoms with Crippen LogP contribution in [0.3, 0.4) is 0 Å². The van der Waals surface area contributed by atoms with Crippen LogP contribution in [0.5, 0.6) is 0 Å². The van der Waals surface area contributed by atoms with Crippen molar-refractivity contribution in [2.24, 2.45) is 17.0 Å². The Morgan fingerprint density at radius 3 is 2.92 bits per heavy atom. The van der Waals surface area contributed by atoms with Crippen LogP contribution < -0.4 is 10.6 Å². The number of aromatic nitrogens is 2. The molecule has 1 aromatic carbocycles. The van der Waals surface area contributed by atoms with Crippen LogP contribution in [0.25, 0.3) is 0 Å². The number of urea groups is 1. The molecule has 2 aromatic rings. The van der Waals surface area contributed by atoms with Gasteiger partial charge in [-0.3, -0.25) is 15.0 Å².